The molecule has 19 heavy (non-hydrogen) atoms. The van der Waals surface area contributed by atoms with E-state index in [-0.39, 0.29) is 0 Å². The number of hydrogen-bond acceptors (Lipinski definition) is 2. The van der Waals surface area contributed by atoms with Crippen molar-refractivity contribution in [1.82, 2.24) is 9.78 Å². The van der Waals surface area contributed by atoms with E-state index in [0.717, 1.165) is 11.4 Å². The number of thioether (sulfide) groups is 1. The van der Waals surface area contributed by atoms with Gasteiger partial charge < -0.3 is 0 Å². The van der Waals surface area contributed by atoms with Gasteiger partial charge in [0, 0.05) is 10.5 Å². The first kappa shape index (κ1) is 12.1. The topological polar surface area (TPSA) is 17.8 Å². The zero-order chi connectivity index (χ0) is 13.1. The Balaban J connectivity index is 2.04. The molecule has 0 fully saturated rings. The molecule has 94 valence electrons. The number of para-hydroxylation sites is 1. The van der Waals surface area contributed by atoms with Crippen molar-refractivity contribution in [3.63, 3.8) is 0 Å². The molecule has 0 unspecified atom stereocenters. The molecule has 3 aromatic rings. The van der Waals surface area contributed by atoms with Crippen LogP contribution in [0.4, 0.5) is 0 Å². The molecule has 3 heteroatoms. The highest BCUT2D eigenvalue weighted by molar-refractivity contribution is 7.98. The van der Waals surface area contributed by atoms with Crippen LogP contribution in [0.15, 0.2) is 71.8 Å². The summed E-state index contributed by atoms with van der Waals surface area (Å²) >= 11 is 1.75. The lowest BCUT2D eigenvalue weighted by molar-refractivity contribution is 0.888. The summed E-state index contributed by atoms with van der Waals surface area (Å²) in [7, 11) is 0. The van der Waals surface area contributed by atoms with Crippen LogP contribution in [0.3, 0.4) is 0 Å². The summed E-state index contributed by atoms with van der Waals surface area (Å²) < 4.78 is 1.97. The molecule has 0 spiro atoms. The van der Waals surface area contributed by atoms with Crippen LogP contribution in [0.2, 0.25) is 0 Å². The molecule has 2 nitrogen and oxygen atoms in total. The molecule has 0 bridgehead atoms. The summed E-state index contributed by atoms with van der Waals surface area (Å²) in [5.74, 6) is 0. The van der Waals surface area contributed by atoms with E-state index in [1.165, 1.54) is 10.5 Å². The largest absolute Gasteiger partial charge is 0.233 e. The Morgan fingerprint density at radius 1 is 0.895 bits per heavy atom. The minimum absolute atomic E-state index is 1.08. The quantitative estimate of drug-likeness (QED) is 0.659. The second-order valence-corrected chi connectivity index (χ2v) is 5.07. The smallest absolute Gasteiger partial charge is 0.0740 e. The maximum atomic E-state index is 4.42. The van der Waals surface area contributed by atoms with Crippen LogP contribution in [0.5, 0.6) is 0 Å². The van der Waals surface area contributed by atoms with Crippen LogP contribution in [0.25, 0.3) is 16.9 Å². The molecule has 1 heterocycles. The standard InChI is InChI=1S/C16H14N2S/c1-19-15-9-7-13(8-10-15)16-11-12-17-18(16)14-5-3-2-4-6-14/h2-12H,1H3. The fourth-order valence-corrected chi connectivity index (χ4v) is 2.47. The first-order valence-electron chi connectivity index (χ1n) is 6.12. The van der Waals surface area contributed by atoms with Gasteiger partial charge in [-0.05, 0) is 36.6 Å². The van der Waals surface area contributed by atoms with Gasteiger partial charge in [0.25, 0.3) is 0 Å². The fraction of sp³-hybridized carbons (Fsp3) is 0.0625. The predicted octanol–water partition coefficient (Wildman–Crippen LogP) is 4.26. The Morgan fingerprint density at radius 2 is 1.63 bits per heavy atom. The highest BCUT2D eigenvalue weighted by Crippen LogP contribution is 2.24. The molecule has 0 radical (unpaired) electrons. The minimum atomic E-state index is 1.08. The Labute approximate surface area is 117 Å². The zero-order valence-corrected chi connectivity index (χ0v) is 11.5. The van der Waals surface area contributed by atoms with Crippen LogP contribution < -0.4 is 0 Å². The van der Waals surface area contributed by atoms with Crippen LogP contribution in [0.1, 0.15) is 0 Å². The number of nitrogens with zero attached hydrogens (tertiary/aromatic N) is 2. The van der Waals surface area contributed by atoms with Crippen molar-refractivity contribution in [3.8, 4) is 16.9 Å². The summed E-state index contributed by atoms with van der Waals surface area (Å²) in [6.07, 6.45) is 3.92. The zero-order valence-electron chi connectivity index (χ0n) is 10.7. The maximum absolute atomic E-state index is 4.42. The van der Waals surface area contributed by atoms with E-state index in [1.807, 2.05) is 35.1 Å². The van der Waals surface area contributed by atoms with Crippen LogP contribution in [0, 0.1) is 0 Å². The average Bonchev–Trinajstić information content (AvgIpc) is 2.98. The van der Waals surface area contributed by atoms with E-state index < -0.39 is 0 Å². The predicted molar refractivity (Wildman–Crippen MR) is 80.8 cm³/mol. The molecule has 1 aromatic heterocycles. The van der Waals surface area contributed by atoms with Gasteiger partial charge in [0.2, 0.25) is 0 Å². The van der Waals surface area contributed by atoms with Crippen LogP contribution >= 0.6 is 11.8 Å². The first-order chi connectivity index (χ1) is 9.38. The normalized spacial score (nSPS) is 10.6. The lowest BCUT2D eigenvalue weighted by atomic mass is 10.1. The highest BCUT2D eigenvalue weighted by Gasteiger charge is 2.06. The van der Waals surface area contributed by atoms with E-state index in [0.29, 0.717) is 0 Å². The molecule has 3 rings (SSSR count). The molecular formula is C16H14N2S. The third-order valence-corrected chi connectivity index (χ3v) is 3.77. The van der Waals surface area contributed by atoms with Crippen LogP contribution in [-0.4, -0.2) is 16.0 Å². The Kier molecular flexibility index (Phi) is 3.38. The van der Waals surface area contributed by atoms with Crippen molar-refractivity contribution >= 4 is 11.8 Å². The lowest BCUT2D eigenvalue weighted by Gasteiger charge is -2.08. The van der Waals surface area contributed by atoms with E-state index in [1.54, 1.807) is 11.8 Å². The summed E-state index contributed by atoms with van der Waals surface area (Å²) in [5, 5.41) is 4.42. The molecule has 0 atom stereocenters. The van der Waals surface area contributed by atoms with Crippen molar-refractivity contribution in [1.29, 1.82) is 0 Å². The van der Waals surface area contributed by atoms with Crippen molar-refractivity contribution in [2.24, 2.45) is 0 Å². The fourth-order valence-electron chi connectivity index (χ4n) is 2.06. The van der Waals surface area contributed by atoms with Crippen LogP contribution in [-0.2, 0) is 0 Å². The monoisotopic (exact) mass is 266 g/mol. The van der Waals surface area contributed by atoms with Gasteiger partial charge in [-0.3, -0.25) is 0 Å². The molecule has 0 amide bonds. The van der Waals surface area contributed by atoms with Gasteiger partial charge in [0.05, 0.1) is 17.6 Å². The van der Waals surface area contributed by atoms with Crippen molar-refractivity contribution in [3.05, 3.63) is 66.9 Å². The second kappa shape index (κ2) is 5.33. The van der Waals surface area contributed by atoms with Gasteiger partial charge in [-0.2, -0.15) is 5.10 Å². The molecule has 0 aliphatic carbocycles. The number of benzene rings is 2. The van der Waals surface area contributed by atoms with Crippen molar-refractivity contribution in [2.45, 2.75) is 4.90 Å². The first-order valence-corrected chi connectivity index (χ1v) is 7.35. The van der Waals surface area contributed by atoms with Gasteiger partial charge in [-0.25, -0.2) is 4.68 Å². The molecule has 0 aliphatic rings. The summed E-state index contributed by atoms with van der Waals surface area (Å²) in [6.45, 7) is 0. The summed E-state index contributed by atoms with van der Waals surface area (Å²) in [5.41, 5.74) is 3.37. The van der Waals surface area contributed by atoms with E-state index in [9.17, 15) is 0 Å². The van der Waals surface area contributed by atoms with Gasteiger partial charge >= 0.3 is 0 Å². The Bertz CT molecular complexity index is 657. The Hall–Kier alpha value is -2.00. The molecule has 0 saturated carbocycles. The average molecular weight is 266 g/mol. The highest BCUT2D eigenvalue weighted by atomic mass is 32.2. The van der Waals surface area contributed by atoms with Crippen molar-refractivity contribution < 1.29 is 0 Å². The van der Waals surface area contributed by atoms with Gasteiger partial charge in [0.15, 0.2) is 0 Å². The number of aromatic nitrogens is 2. The summed E-state index contributed by atoms with van der Waals surface area (Å²) in [6, 6.07) is 20.8. The Morgan fingerprint density at radius 3 is 2.32 bits per heavy atom. The molecule has 0 aliphatic heterocycles. The summed E-state index contributed by atoms with van der Waals surface area (Å²) in [4.78, 5) is 1.27. The third kappa shape index (κ3) is 2.42. The van der Waals surface area contributed by atoms with Gasteiger partial charge in [-0.1, -0.05) is 30.3 Å². The molecule has 0 N–H and O–H groups in total. The number of hydrogen-bond donors (Lipinski definition) is 0. The number of rotatable bonds is 3. The minimum Gasteiger partial charge on any atom is -0.233 e. The van der Waals surface area contributed by atoms with E-state index in [4.69, 9.17) is 0 Å². The maximum Gasteiger partial charge on any atom is 0.0740 e. The second-order valence-electron chi connectivity index (χ2n) is 4.19. The molecule has 2 aromatic carbocycles. The van der Waals surface area contributed by atoms with Gasteiger partial charge in [-0.15, -0.1) is 11.8 Å². The molecule has 0 saturated heterocycles. The SMILES string of the molecule is CSc1ccc(-c2ccnn2-c2ccccc2)cc1. The van der Waals surface area contributed by atoms with Gasteiger partial charge in [0.1, 0.15) is 0 Å². The lowest BCUT2D eigenvalue weighted by Crippen LogP contribution is -1.98. The van der Waals surface area contributed by atoms with Crippen molar-refractivity contribution in [2.75, 3.05) is 6.26 Å². The third-order valence-electron chi connectivity index (χ3n) is 3.03. The molecular weight excluding hydrogens is 252 g/mol. The van der Waals surface area contributed by atoms with E-state index in [2.05, 4.69) is 47.8 Å². The van der Waals surface area contributed by atoms with E-state index >= 15 is 0 Å².